The molecule has 2 aliphatic heterocycles. The number of hydrogen-bond donors (Lipinski definition) is 1. The first-order valence-electron chi connectivity index (χ1n) is 11.4. The fourth-order valence-electron chi connectivity index (χ4n) is 5.39. The highest BCUT2D eigenvalue weighted by atomic mass is 32.2. The van der Waals surface area contributed by atoms with Gasteiger partial charge in [-0.2, -0.15) is 4.36 Å². The monoisotopic (exact) mass is 440 g/mol. The van der Waals surface area contributed by atoms with Gasteiger partial charge in [-0.25, -0.2) is 4.21 Å². The fraction of sp³-hybridized carbons (Fsp3) is 0.909. The summed E-state index contributed by atoms with van der Waals surface area (Å²) in [4.78, 5) is 25.0. The summed E-state index contributed by atoms with van der Waals surface area (Å²) in [5.74, 6) is 0.904. The maximum Gasteiger partial charge on any atom is 0.256 e. The van der Waals surface area contributed by atoms with E-state index in [1.165, 1.54) is 0 Å². The lowest BCUT2D eigenvalue weighted by Gasteiger charge is -2.44. The van der Waals surface area contributed by atoms with E-state index in [2.05, 4.69) is 23.5 Å². The molecule has 0 bridgehead atoms. The first kappa shape index (κ1) is 22.2. The van der Waals surface area contributed by atoms with E-state index in [0.717, 1.165) is 38.5 Å². The highest BCUT2D eigenvalue weighted by Gasteiger charge is 2.45. The third-order valence-corrected chi connectivity index (χ3v) is 9.56. The zero-order valence-electron chi connectivity index (χ0n) is 18.5. The van der Waals surface area contributed by atoms with Crippen molar-refractivity contribution in [1.82, 2.24) is 5.32 Å². The topological polar surface area (TPSA) is 94.1 Å². The van der Waals surface area contributed by atoms with Crippen LogP contribution in [-0.2, 0) is 28.8 Å². The zero-order valence-corrected chi connectivity index (χ0v) is 19.3. The summed E-state index contributed by atoms with van der Waals surface area (Å²) in [5, 5.41) is 3.16. The van der Waals surface area contributed by atoms with Crippen LogP contribution in [0.1, 0.15) is 65.2 Å². The number of nitrogens with zero attached hydrogens (tertiary/aromatic N) is 1. The minimum absolute atomic E-state index is 0.0225. The van der Waals surface area contributed by atoms with Crippen molar-refractivity contribution in [2.24, 2.45) is 21.6 Å². The quantitative estimate of drug-likeness (QED) is 0.709. The Bertz CT molecular complexity index is 790. The summed E-state index contributed by atoms with van der Waals surface area (Å²) in [7, 11) is -0.898. The second kappa shape index (κ2) is 8.17. The molecule has 0 aromatic heterocycles. The first-order chi connectivity index (χ1) is 14.1. The van der Waals surface area contributed by atoms with E-state index >= 15 is 0 Å². The number of methoxy groups -OCH3 is 1. The van der Waals surface area contributed by atoms with Gasteiger partial charge >= 0.3 is 0 Å². The lowest BCUT2D eigenvalue weighted by molar-refractivity contribution is -0.136. The van der Waals surface area contributed by atoms with Crippen LogP contribution in [0.15, 0.2) is 4.36 Å². The van der Waals surface area contributed by atoms with Crippen molar-refractivity contribution in [1.29, 1.82) is 0 Å². The number of carbonyl (C=O) groups excluding carboxylic acids is 2. The molecule has 2 unspecified atom stereocenters. The highest BCUT2D eigenvalue weighted by molar-refractivity contribution is 7.93. The number of rotatable bonds is 5. The number of amides is 2. The minimum atomic E-state index is -2.50. The molecule has 7 nitrogen and oxygen atoms in total. The predicted molar refractivity (Wildman–Crippen MR) is 114 cm³/mol. The van der Waals surface area contributed by atoms with E-state index < -0.39 is 9.73 Å². The fourth-order valence-corrected chi connectivity index (χ4v) is 7.64. The number of nitrogens with one attached hydrogen (secondary N) is 1. The molecular weight excluding hydrogens is 404 g/mol. The van der Waals surface area contributed by atoms with Gasteiger partial charge < -0.3 is 14.8 Å². The minimum Gasteiger partial charge on any atom is -0.375 e. The maximum absolute atomic E-state index is 13.2. The third kappa shape index (κ3) is 4.91. The van der Waals surface area contributed by atoms with Crippen LogP contribution < -0.4 is 5.32 Å². The molecule has 4 aliphatic rings. The first-order valence-corrected chi connectivity index (χ1v) is 13.2. The Hall–Kier alpha value is -0.990. The highest BCUT2D eigenvalue weighted by Crippen LogP contribution is 2.45. The van der Waals surface area contributed by atoms with Crippen LogP contribution in [0.2, 0.25) is 0 Å². The summed E-state index contributed by atoms with van der Waals surface area (Å²) in [6.07, 6.45) is 6.19. The lowest BCUT2D eigenvalue weighted by atomic mass is 9.64. The normalized spacial score (nSPS) is 30.8. The molecule has 0 aromatic carbocycles. The smallest absolute Gasteiger partial charge is 0.256 e. The zero-order chi connectivity index (χ0) is 21.6. The SMILES string of the molecule is COC(C(=O)NC1CCOC2(CCS(=O)(=NC(=O)C3CC(C)(C)C3)CC2)C1)C1CC1. The van der Waals surface area contributed by atoms with Crippen LogP contribution in [0, 0.1) is 17.3 Å². The molecule has 2 amide bonds. The van der Waals surface area contributed by atoms with Gasteiger partial charge in [0, 0.05) is 37.2 Å². The van der Waals surface area contributed by atoms with Crippen LogP contribution in [0.3, 0.4) is 0 Å². The molecule has 1 N–H and O–H groups in total. The Labute approximate surface area is 180 Å². The Morgan fingerprint density at radius 1 is 1.13 bits per heavy atom. The molecule has 2 atom stereocenters. The van der Waals surface area contributed by atoms with Crippen molar-refractivity contribution >= 4 is 21.5 Å². The lowest BCUT2D eigenvalue weighted by Crippen LogP contribution is -2.53. The molecule has 4 fully saturated rings. The van der Waals surface area contributed by atoms with E-state index in [0.29, 0.717) is 36.9 Å². The van der Waals surface area contributed by atoms with Crippen molar-refractivity contribution in [2.45, 2.75) is 83.0 Å². The number of carbonyl (C=O) groups is 2. The van der Waals surface area contributed by atoms with E-state index in [1.807, 2.05) is 0 Å². The van der Waals surface area contributed by atoms with Crippen molar-refractivity contribution < 1.29 is 23.3 Å². The van der Waals surface area contributed by atoms with Gasteiger partial charge in [0.1, 0.15) is 6.10 Å². The van der Waals surface area contributed by atoms with Gasteiger partial charge in [-0.3, -0.25) is 9.59 Å². The van der Waals surface area contributed by atoms with Crippen LogP contribution in [0.25, 0.3) is 0 Å². The molecule has 1 spiro atoms. The summed E-state index contributed by atoms with van der Waals surface area (Å²) in [6.45, 7) is 4.88. The number of ether oxygens (including phenoxy) is 2. The van der Waals surface area contributed by atoms with E-state index in [9.17, 15) is 13.8 Å². The number of hydrogen-bond acceptors (Lipinski definition) is 5. The molecule has 2 saturated heterocycles. The van der Waals surface area contributed by atoms with E-state index in [1.54, 1.807) is 7.11 Å². The third-order valence-electron chi connectivity index (χ3n) is 7.36. The molecule has 0 radical (unpaired) electrons. The van der Waals surface area contributed by atoms with E-state index in [-0.39, 0.29) is 40.9 Å². The van der Waals surface area contributed by atoms with Crippen molar-refractivity contribution in [3.05, 3.63) is 0 Å². The molecular formula is C22H36N2O5S. The Morgan fingerprint density at radius 2 is 1.80 bits per heavy atom. The van der Waals surface area contributed by atoms with Gasteiger partial charge in [0.2, 0.25) is 5.91 Å². The summed E-state index contributed by atoms with van der Waals surface area (Å²) in [5.41, 5.74) is -0.162. The van der Waals surface area contributed by atoms with Crippen molar-refractivity contribution in [3.63, 3.8) is 0 Å². The Kier molecular flexibility index (Phi) is 6.05. The largest absolute Gasteiger partial charge is 0.375 e. The summed E-state index contributed by atoms with van der Waals surface area (Å²) >= 11 is 0. The van der Waals surface area contributed by atoms with Gasteiger partial charge in [0.25, 0.3) is 5.91 Å². The average Bonchev–Trinajstić information content (AvgIpc) is 3.48. The Balaban J connectivity index is 1.33. The second-order valence-corrected chi connectivity index (χ2v) is 13.1. The molecule has 4 rings (SSSR count). The molecule has 2 aliphatic carbocycles. The molecule has 0 aromatic rings. The second-order valence-electron chi connectivity index (χ2n) is 10.6. The van der Waals surface area contributed by atoms with Gasteiger partial charge in [0.15, 0.2) is 0 Å². The van der Waals surface area contributed by atoms with Crippen LogP contribution in [-0.4, -0.2) is 59.0 Å². The predicted octanol–water partition coefficient (Wildman–Crippen LogP) is 2.67. The summed E-state index contributed by atoms with van der Waals surface area (Å²) < 4.78 is 28.9. The average molecular weight is 441 g/mol. The van der Waals surface area contributed by atoms with Crippen LogP contribution in [0.4, 0.5) is 0 Å². The molecule has 8 heteroatoms. The van der Waals surface area contributed by atoms with Crippen molar-refractivity contribution in [2.75, 3.05) is 25.2 Å². The molecule has 2 saturated carbocycles. The van der Waals surface area contributed by atoms with Crippen molar-refractivity contribution in [3.8, 4) is 0 Å². The van der Waals surface area contributed by atoms with Gasteiger partial charge in [-0.15, -0.1) is 0 Å². The molecule has 30 heavy (non-hydrogen) atoms. The standard InChI is InChI=1S/C22H36N2O5S/c1-21(2)12-16(13-21)19(25)24-30(27)10-7-22(8-11-30)14-17(6-9-29-22)23-20(26)18(28-3)15-4-5-15/h15-18H,4-14H2,1-3H3,(H,23,26). The summed E-state index contributed by atoms with van der Waals surface area (Å²) in [6, 6.07) is 0.0487. The molecule has 2 heterocycles. The van der Waals surface area contributed by atoms with Crippen LogP contribution >= 0.6 is 0 Å². The van der Waals surface area contributed by atoms with Gasteiger partial charge in [-0.05, 0) is 62.7 Å². The van der Waals surface area contributed by atoms with Gasteiger partial charge in [0.05, 0.1) is 15.3 Å². The van der Waals surface area contributed by atoms with E-state index in [4.69, 9.17) is 9.47 Å². The van der Waals surface area contributed by atoms with Gasteiger partial charge in [-0.1, -0.05) is 13.8 Å². The van der Waals surface area contributed by atoms with Crippen LogP contribution in [0.5, 0.6) is 0 Å². The molecule has 170 valence electrons. The maximum atomic E-state index is 13.2. The Morgan fingerprint density at radius 3 is 2.37 bits per heavy atom.